The molecule has 6 nitrogen and oxygen atoms in total. The molecule has 0 unspecified atom stereocenters. The first-order chi connectivity index (χ1) is 11.3. The number of hydrogen-bond acceptors (Lipinski definition) is 5. The van der Waals surface area contributed by atoms with E-state index in [1.54, 1.807) is 0 Å². The van der Waals surface area contributed by atoms with Crippen LogP contribution >= 0.6 is 11.6 Å². The third-order valence-electron chi connectivity index (χ3n) is 2.97. The molecule has 1 aromatic carbocycles. The summed E-state index contributed by atoms with van der Waals surface area (Å²) in [6, 6.07) is 3.29. The Balaban J connectivity index is 2.23. The standard InChI is InChI=1S/C13H6ClF4N5O/c14-6-1-7(9-3-11(24)20-5-19-9)12(8(15)2-6)23-4-10(21-22-23)13(16,17)18/h1-5H,(H,19,20,24). The second-order valence-electron chi connectivity index (χ2n) is 4.59. The third-order valence-corrected chi connectivity index (χ3v) is 3.19. The van der Waals surface area contributed by atoms with Gasteiger partial charge in [0.25, 0.3) is 0 Å². The number of hydrogen-bond donors (Lipinski definition) is 1. The average Bonchev–Trinajstić information content (AvgIpc) is 2.96. The highest BCUT2D eigenvalue weighted by atomic mass is 35.5. The Morgan fingerprint density at radius 2 is 1.88 bits per heavy atom. The van der Waals surface area contributed by atoms with Gasteiger partial charge in [0.15, 0.2) is 11.5 Å². The summed E-state index contributed by atoms with van der Waals surface area (Å²) in [7, 11) is 0. The van der Waals surface area contributed by atoms with Crippen molar-refractivity contribution < 1.29 is 22.7 Å². The molecule has 0 aliphatic heterocycles. The van der Waals surface area contributed by atoms with Crippen molar-refractivity contribution in [2.24, 2.45) is 0 Å². The van der Waals surface area contributed by atoms with E-state index in [0.717, 1.165) is 18.5 Å². The highest BCUT2D eigenvalue weighted by Crippen LogP contribution is 2.33. The number of alkyl halides is 3. The first kappa shape index (κ1) is 16.1. The fourth-order valence-electron chi connectivity index (χ4n) is 1.99. The minimum Gasteiger partial charge on any atom is -0.493 e. The summed E-state index contributed by atoms with van der Waals surface area (Å²) in [6.07, 6.45) is -3.18. The molecule has 0 saturated heterocycles. The van der Waals surface area contributed by atoms with Crippen LogP contribution in [0.15, 0.2) is 30.7 Å². The molecule has 0 saturated carbocycles. The van der Waals surface area contributed by atoms with Crippen molar-refractivity contribution in [1.29, 1.82) is 0 Å². The smallest absolute Gasteiger partial charge is 0.436 e. The van der Waals surface area contributed by atoms with E-state index in [4.69, 9.17) is 11.6 Å². The molecule has 0 bridgehead atoms. The molecule has 24 heavy (non-hydrogen) atoms. The molecule has 3 aromatic rings. The molecule has 11 heteroatoms. The predicted molar refractivity (Wildman–Crippen MR) is 74.0 cm³/mol. The van der Waals surface area contributed by atoms with Gasteiger partial charge in [0.1, 0.15) is 12.0 Å². The average molecular weight is 360 g/mol. The Bertz CT molecular complexity index is 912. The van der Waals surface area contributed by atoms with Crippen LogP contribution < -0.4 is 0 Å². The highest BCUT2D eigenvalue weighted by Gasteiger charge is 2.35. The SMILES string of the molecule is Oc1cc(-c2cc(Cl)cc(F)c2-n2cc(C(F)(F)F)nn2)ncn1. The highest BCUT2D eigenvalue weighted by molar-refractivity contribution is 6.31. The maximum atomic E-state index is 14.3. The van der Waals surface area contributed by atoms with Crippen molar-refractivity contribution in [3.8, 4) is 22.8 Å². The Hall–Kier alpha value is -2.75. The number of nitrogens with zero attached hydrogens (tertiary/aromatic N) is 5. The molecule has 124 valence electrons. The molecule has 0 atom stereocenters. The Kier molecular flexibility index (Phi) is 3.84. The first-order valence-corrected chi connectivity index (χ1v) is 6.64. The lowest BCUT2D eigenvalue weighted by atomic mass is 10.1. The van der Waals surface area contributed by atoms with Gasteiger partial charge in [-0.3, -0.25) is 0 Å². The number of aromatic nitrogens is 5. The Morgan fingerprint density at radius 1 is 1.12 bits per heavy atom. The summed E-state index contributed by atoms with van der Waals surface area (Å²) in [5.74, 6) is -1.34. The van der Waals surface area contributed by atoms with Gasteiger partial charge in [0.2, 0.25) is 5.88 Å². The lowest BCUT2D eigenvalue weighted by Gasteiger charge is -2.10. The van der Waals surface area contributed by atoms with E-state index in [9.17, 15) is 22.7 Å². The molecule has 0 aliphatic carbocycles. The molecule has 0 amide bonds. The van der Waals surface area contributed by atoms with Crippen molar-refractivity contribution in [3.63, 3.8) is 0 Å². The maximum Gasteiger partial charge on any atom is 0.436 e. The van der Waals surface area contributed by atoms with E-state index in [0.29, 0.717) is 10.9 Å². The van der Waals surface area contributed by atoms with Crippen LogP contribution in [0.25, 0.3) is 16.9 Å². The maximum absolute atomic E-state index is 14.3. The van der Waals surface area contributed by atoms with Crippen LogP contribution in [0.4, 0.5) is 17.6 Å². The van der Waals surface area contributed by atoms with E-state index in [1.165, 1.54) is 6.07 Å². The van der Waals surface area contributed by atoms with Crippen LogP contribution in [0, 0.1) is 5.82 Å². The number of benzene rings is 1. The monoisotopic (exact) mass is 359 g/mol. The van der Waals surface area contributed by atoms with Crippen LogP contribution in [0.5, 0.6) is 5.88 Å². The van der Waals surface area contributed by atoms with E-state index in [-0.39, 0.29) is 22.0 Å². The van der Waals surface area contributed by atoms with Crippen LogP contribution in [0.1, 0.15) is 5.69 Å². The van der Waals surface area contributed by atoms with E-state index in [2.05, 4.69) is 20.3 Å². The Morgan fingerprint density at radius 3 is 2.50 bits per heavy atom. The van der Waals surface area contributed by atoms with Crippen molar-refractivity contribution in [2.45, 2.75) is 6.18 Å². The van der Waals surface area contributed by atoms with Gasteiger partial charge in [-0.2, -0.15) is 13.2 Å². The second-order valence-corrected chi connectivity index (χ2v) is 5.03. The topological polar surface area (TPSA) is 76.7 Å². The number of rotatable bonds is 2. The number of aromatic hydroxyl groups is 1. The first-order valence-electron chi connectivity index (χ1n) is 6.26. The van der Waals surface area contributed by atoms with Gasteiger partial charge in [-0.15, -0.1) is 5.10 Å². The largest absolute Gasteiger partial charge is 0.493 e. The van der Waals surface area contributed by atoms with Crippen molar-refractivity contribution >= 4 is 11.6 Å². The van der Waals surface area contributed by atoms with Crippen LogP contribution in [0.2, 0.25) is 5.02 Å². The molecule has 0 radical (unpaired) electrons. The normalized spacial score (nSPS) is 11.7. The lowest BCUT2D eigenvalue weighted by molar-refractivity contribution is -0.141. The fraction of sp³-hybridized carbons (Fsp3) is 0.0769. The van der Waals surface area contributed by atoms with Gasteiger partial charge in [0.05, 0.1) is 11.9 Å². The third kappa shape index (κ3) is 3.00. The zero-order valence-electron chi connectivity index (χ0n) is 11.5. The molecule has 2 aromatic heterocycles. The van der Waals surface area contributed by atoms with Crippen molar-refractivity contribution in [3.05, 3.63) is 47.3 Å². The van der Waals surface area contributed by atoms with Crippen molar-refractivity contribution in [1.82, 2.24) is 25.0 Å². The lowest BCUT2D eigenvalue weighted by Crippen LogP contribution is -2.05. The van der Waals surface area contributed by atoms with E-state index in [1.807, 2.05) is 0 Å². The molecule has 1 N–H and O–H groups in total. The van der Waals surface area contributed by atoms with Gasteiger partial charge in [-0.1, -0.05) is 16.8 Å². The summed E-state index contributed by atoms with van der Waals surface area (Å²) in [5.41, 5.74) is -1.58. The molecule has 0 aliphatic rings. The van der Waals surface area contributed by atoms with E-state index < -0.39 is 23.6 Å². The number of halogens is 5. The predicted octanol–water partition coefficient (Wildman–Crippen LogP) is 3.24. The molecular formula is C13H6ClF4N5O. The van der Waals surface area contributed by atoms with Gasteiger partial charge in [-0.05, 0) is 12.1 Å². The molecule has 3 rings (SSSR count). The van der Waals surface area contributed by atoms with Crippen molar-refractivity contribution in [2.75, 3.05) is 0 Å². The minimum absolute atomic E-state index is 0.0105. The zero-order chi connectivity index (χ0) is 17.5. The summed E-state index contributed by atoms with van der Waals surface area (Å²) >= 11 is 5.81. The summed E-state index contributed by atoms with van der Waals surface area (Å²) < 4.78 is 53.0. The summed E-state index contributed by atoms with van der Waals surface area (Å²) in [6.45, 7) is 0. The molecular weight excluding hydrogens is 354 g/mol. The fourth-order valence-corrected chi connectivity index (χ4v) is 2.20. The zero-order valence-corrected chi connectivity index (χ0v) is 12.2. The second kappa shape index (κ2) is 5.71. The molecule has 0 spiro atoms. The summed E-state index contributed by atoms with van der Waals surface area (Å²) in [4.78, 5) is 7.34. The van der Waals surface area contributed by atoms with Gasteiger partial charge >= 0.3 is 6.18 Å². The Labute approximate surface area is 136 Å². The van der Waals surface area contributed by atoms with Gasteiger partial charge in [-0.25, -0.2) is 19.0 Å². The van der Waals surface area contributed by atoms with Crippen LogP contribution in [-0.2, 0) is 6.18 Å². The van der Waals surface area contributed by atoms with Gasteiger partial charge in [0, 0.05) is 16.7 Å². The molecule has 0 fully saturated rings. The van der Waals surface area contributed by atoms with Crippen LogP contribution in [0.3, 0.4) is 0 Å². The molecule has 2 heterocycles. The van der Waals surface area contributed by atoms with E-state index >= 15 is 0 Å². The quantitative estimate of drug-likeness (QED) is 0.711. The van der Waals surface area contributed by atoms with Crippen LogP contribution in [-0.4, -0.2) is 30.1 Å². The minimum atomic E-state index is -4.73. The summed E-state index contributed by atoms with van der Waals surface area (Å²) in [5, 5.41) is 15.7. The van der Waals surface area contributed by atoms with Gasteiger partial charge < -0.3 is 5.11 Å².